The lowest BCUT2D eigenvalue weighted by atomic mass is 9.83. The van der Waals surface area contributed by atoms with E-state index in [1.165, 1.54) is 4.90 Å². The highest BCUT2D eigenvalue weighted by atomic mass is 16.2. The molecular formula is C25H25N3O2. The van der Waals surface area contributed by atoms with Crippen molar-refractivity contribution >= 4 is 11.9 Å². The van der Waals surface area contributed by atoms with Gasteiger partial charge in [-0.25, -0.2) is 9.69 Å². The Hall–Kier alpha value is -3.44. The third-order valence-electron chi connectivity index (χ3n) is 5.56. The summed E-state index contributed by atoms with van der Waals surface area (Å²) in [5, 5.41) is 3.00. The van der Waals surface area contributed by atoms with E-state index < -0.39 is 5.54 Å². The van der Waals surface area contributed by atoms with Gasteiger partial charge in [0.1, 0.15) is 0 Å². The molecule has 0 spiro atoms. The van der Waals surface area contributed by atoms with Crippen molar-refractivity contribution in [3.05, 3.63) is 108 Å². The predicted octanol–water partition coefficient (Wildman–Crippen LogP) is 3.96. The number of hydrogen-bond acceptors (Lipinski definition) is 3. The average molecular weight is 399 g/mol. The highest BCUT2D eigenvalue weighted by Gasteiger charge is 2.53. The van der Waals surface area contributed by atoms with Gasteiger partial charge in [0.2, 0.25) is 0 Å². The molecule has 30 heavy (non-hydrogen) atoms. The summed E-state index contributed by atoms with van der Waals surface area (Å²) in [6.45, 7) is 3.65. The van der Waals surface area contributed by atoms with E-state index in [1.807, 2.05) is 97.9 Å². The minimum atomic E-state index is -1.22. The van der Waals surface area contributed by atoms with E-state index >= 15 is 0 Å². The minimum absolute atomic E-state index is 0.234. The molecule has 3 aromatic carbocycles. The molecule has 3 amide bonds. The van der Waals surface area contributed by atoms with Crippen molar-refractivity contribution in [2.75, 3.05) is 13.2 Å². The smallest absolute Gasteiger partial charge is 0.315 e. The molecule has 1 saturated heterocycles. The van der Waals surface area contributed by atoms with Crippen molar-refractivity contribution in [2.24, 2.45) is 0 Å². The second-order valence-electron chi connectivity index (χ2n) is 7.42. The zero-order valence-electron chi connectivity index (χ0n) is 17.0. The molecule has 0 atom stereocenters. The van der Waals surface area contributed by atoms with Crippen LogP contribution >= 0.6 is 0 Å². The summed E-state index contributed by atoms with van der Waals surface area (Å²) in [5.74, 6) is -0.253. The summed E-state index contributed by atoms with van der Waals surface area (Å²) < 4.78 is 0. The Morgan fingerprint density at radius 2 is 1.30 bits per heavy atom. The molecule has 5 heteroatoms. The second kappa shape index (κ2) is 8.51. The summed E-state index contributed by atoms with van der Waals surface area (Å²) in [7, 11) is 0. The Labute approximate surface area is 176 Å². The Morgan fingerprint density at radius 1 is 0.800 bits per heavy atom. The molecule has 0 unspecified atom stereocenters. The first-order valence-electron chi connectivity index (χ1n) is 10.2. The number of carbonyl (C=O) groups is 2. The van der Waals surface area contributed by atoms with Gasteiger partial charge in [-0.1, -0.05) is 97.9 Å². The fourth-order valence-corrected chi connectivity index (χ4v) is 3.94. The van der Waals surface area contributed by atoms with Gasteiger partial charge in [0.25, 0.3) is 5.91 Å². The molecule has 0 radical (unpaired) electrons. The molecule has 152 valence electrons. The van der Waals surface area contributed by atoms with Gasteiger partial charge in [0.15, 0.2) is 5.54 Å². The van der Waals surface area contributed by atoms with Gasteiger partial charge in [-0.05, 0) is 23.2 Å². The van der Waals surface area contributed by atoms with Crippen molar-refractivity contribution in [2.45, 2.75) is 19.0 Å². The summed E-state index contributed by atoms with van der Waals surface area (Å²) in [5.41, 5.74) is 1.43. The Bertz CT molecular complexity index is 967. The minimum Gasteiger partial charge on any atom is -0.315 e. The van der Waals surface area contributed by atoms with Crippen molar-refractivity contribution in [1.82, 2.24) is 15.1 Å². The summed E-state index contributed by atoms with van der Waals surface area (Å²) in [6, 6.07) is 28.6. The zero-order valence-corrected chi connectivity index (χ0v) is 17.0. The number of amides is 3. The summed E-state index contributed by atoms with van der Waals surface area (Å²) in [4.78, 5) is 30.2. The van der Waals surface area contributed by atoms with E-state index in [1.54, 1.807) is 0 Å². The molecule has 0 bridgehead atoms. The SMILES string of the molecule is CCN(Cc1ccccc1)CN1C(=O)NC(c2ccccc2)(c2ccccc2)C1=O. The quantitative estimate of drug-likeness (QED) is 0.612. The van der Waals surface area contributed by atoms with Crippen LogP contribution < -0.4 is 5.32 Å². The Kier molecular flexibility index (Phi) is 5.63. The van der Waals surface area contributed by atoms with Crippen molar-refractivity contribution in [3.8, 4) is 0 Å². The van der Waals surface area contributed by atoms with E-state index in [0.29, 0.717) is 6.54 Å². The monoisotopic (exact) mass is 399 g/mol. The highest BCUT2D eigenvalue weighted by molar-refractivity contribution is 6.09. The molecule has 1 N–H and O–H groups in total. The van der Waals surface area contributed by atoms with Gasteiger partial charge < -0.3 is 5.32 Å². The molecule has 1 fully saturated rings. The lowest BCUT2D eigenvalue weighted by Gasteiger charge is -2.29. The number of nitrogens with one attached hydrogen (secondary N) is 1. The molecule has 5 nitrogen and oxygen atoms in total. The first kappa shape index (κ1) is 19.9. The van der Waals surface area contributed by atoms with Crippen LogP contribution in [0.1, 0.15) is 23.6 Å². The number of benzene rings is 3. The number of rotatable bonds is 7. The number of hydrogen-bond donors (Lipinski definition) is 1. The normalized spacial score (nSPS) is 15.5. The van der Waals surface area contributed by atoms with Gasteiger partial charge in [-0.2, -0.15) is 0 Å². The van der Waals surface area contributed by atoms with Crippen LogP contribution in [0.5, 0.6) is 0 Å². The third kappa shape index (κ3) is 3.60. The molecule has 1 heterocycles. The molecule has 4 rings (SSSR count). The van der Waals surface area contributed by atoms with E-state index in [4.69, 9.17) is 0 Å². The molecule has 0 aromatic heterocycles. The van der Waals surface area contributed by atoms with Crippen LogP contribution in [0.2, 0.25) is 0 Å². The van der Waals surface area contributed by atoms with Gasteiger partial charge in [0, 0.05) is 6.54 Å². The second-order valence-corrected chi connectivity index (χ2v) is 7.42. The summed E-state index contributed by atoms with van der Waals surface area (Å²) >= 11 is 0. The number of urea groups is 1. The van der Waals surface area contributed by atoms with Crippen LogP contribution in [-0.2, 0) is 16.9 Å². The van der Waals surface area contributed by atoms with E-state index in [2.05, 4.69) is 10.2 Å². The van der Waals surface area contributed by atoms with Gasteiger partial charge in [-0.3, -0.25) is 9.69 Å². The lowest BCUT2D eigenvalue weighted by Crippen LogP contribution is -2.46. The third-order valence-corrected chi connectivity index (χ3v) is 5.56. The van der Waals surface area contributed by atoms with Crippen LogP contribution in [0.15, 0.2) is 91.0 Å². The van der Waals surface area contributed by atoms with Crippen LogP contribution in [-0.4, -0.2) is 35.0 Å². The molecule has 0 saturated carbocycles. The molecule has 1 aliphatic rings. The predicted molar refractivity (Wildman–Crippen MR) is 116 cm³/mol. The fourth-order valence-electron chi connectivity index (χ4n) is 3.94. The highest BCUT2D eigenvalue weighted by Crippen LogP contribution is 2.36. The van der Waals surface area contributed by atoms with Crippen LogP contribution in [0.4, 0.5) is 4.79 Å². The van der Waals surface area contributed by atoms with E-state index in [9.17, 15) is 9.59 Å². The van der Waals surface area contributed by atoms with Gasteiger partial charge in [0.05, 0.1) is 6.67 Å². The molecule has 0 aliphatic carbocycles. The maximum Gasteiger partial charge on any atom is 0.326 e. The lowest BCUT2D eigenvalue weighted by molar-refractivity contribution is -0.131. The summed E-state index contributed by atoms with van der Waals surface area (Å²) in [6.07, 6.45) is 0. The number of carbonyl (C=O) groups excluding carboxylic acids is 2. The first-order chi connectivity index (χ1) is 14.6. The zero-order chi connectivity index (χ0) is 21.0. The van der Waals surface area contributed by atoms with Crippen molar-refractivity contribution < 1.29 is 9.59 Å². The van der Waals surface area contributed by atoms with E-state index in [-0.39, 0.29) is 18.6 Å². The number of imide groups is 1. The van der Waals surface area contributed by atoms with E-state index in [0.717, 1.165) is 23.2 Å². The maximum atomic E-state index is 13.8. The average Bonchev–Trinajstić information content (AvgIpc) is 3.06. The molecule has 1 aliphatic heterocycles. The maximum absolute atomic E-state index is 13.8. The number of nitrogens with zero attached hydrogens (tertiary/aromatic N) is 2. The standard InChI is InChI=1S/C25H25N3O2/c1-2-27(18-20-12-6-3-7-13-20)19-28-23(29)25(26-24(28)30,21-14-8-4-9-15-21)22-16-10-5-11-17-22/h3-17H,2,18-19H2,1H3,(H,26,30). The van der Waals surface area contributed by atoms with Crippen molar-refractivity contribution in [1.29, 1.82) is 0 Å². The Balaban J connectivity index is 1.67. The molecule has 3 aromatic rings. The van der Waals surface area contributed by atoms with Gasteiger partial charge in [-0.15, -0.1) is 0 Å². The largest absolute Gasteiger partial charge is 0.326 e. The first-order valence-corrected chi connectivity index (χ1v) is 10.2. The van der Waals surface area contributed by atoms with Crippen LogP contribution in [0.25, 0.3) is 0 Å². The van der Waals surface area contributed by atoms with Crippen LogP contribution in [0, 0.1) is 0 Å². The molecular weight excluding hydrogens is 374 g/mol. The fraction of sp³-hybridized carbons (Fsp3) is 0.200. The van der Waals surface area contributed by atoms with Crippen LogP contribution in [0.3, 0.4) is 0 Å². The topological polar surface area (TPSA) is 52.6 Å². The van der Waals surface area contributed by atoms with Crippen molar-refractivity contribution in [3.63, 3.8) is 0 Å². The Morgan fingerprint density at radius 3 is 1.80 bits per heavy atom. The van der Waals surface area contributed by atoms with Gasteiger partial charge >= 0.3 is 6.03 Å².